The van der Waals surface area contributed by atoms with Gasteiger partial charge in [-0.3, -0.25) is 4.79 Å². The minimum absolute atomic E-state index is 0.0775. The predicted octanol–water partition coefficient (Wildman–Crippen LogP) is 6.12. The second kappa shape index (κ2) is 8.94. The summed E-state index contributed by atoms with van der Waals surface area (Å²) in [5.74, 6) is 1.84. The molecule has 0 aliphatic heterocycles. The third-order valence-corrected chi connectivity index (χ3v) is 8.38. The van der Waals surface area contributed by atoms with Crippen molar-refractivity contribution in [1.82, 2.24) is 0 Å². The van der Waals surface area contributed by atoms with Gasteiger partial charge < -0.3 is 8.92 Å². The number of hydrogen-bond acceptors (Lipinski definition) is 3. The van der Waals surface area contributed by atoms with Crippen LogP contribution in [0.5, 0.6) is 0 Å². The Bertz CT molecular complexity index is 455. The number of allylic oxidation sites excluding steroid dienone is 1. The molecule has 0 heterocycles. The Morgan fingerprint density at radius 2 is 1.52 bits per heavy atom. The third kappa shape index (κ3) is 9.14. The molecule has 3 atom stereocenters. The van der Waals surface area contributed by atoms with Crippen molar-refractivity contribution in [2.24, 2.45) is 11.8 Å². The summed E-state index contributed by atoms with van der Waals surface area (Å²) >= 11 is 0. The highest BCUT2D eigenvalue weighted by Gasteiger charge is 2.39. The summed E-state index contributed by atoms with van der Waals surface area (Å²) < 4.78 is 11.8. The fourth-order valence-corrected chi connectivity index (χ4v) is 3.83. The Hall–Kier alpha value is -0.480. The van der Waals surface area contributed by atoms with Gasteiger partial charge in [0, 0.05) is 10.7 Å². The molecular weight excluding hydrogens is 332 g/mol. The van der Waals surface area contributed by atoms with E-state index in [1.807, 2.05) is 27.7 Å². The summed E-state index contributed by atoms with van der Waals surface area (Å²) in [6, 6.07) is 0. The second-order valence-electron chi connectivity index (χ2n) is 9.65. The normalized spacial score (nSPS) is 25.0. The van der Waals surface area contributed by atoms with Crippen LogP contribution in [0.1, 0.15) is 75.2 Å². The molecule has 0 aromatic heterocycles. The molecule has 4 heteroatoms. The molecule has 1 aliphatic rings. The predicted molar refractivity (Wildman–Crippen MR) is 112 cm³/mol. The van der Waals surface area contributed by atoms with Gasteiger partial charge in [0.2, 0.25) is 0 Å². The number of ketones is 1. The van der Waals surface area contributed by atoms with E-state index < -0.39 is 10.3 Å². The molecule has 0 bridgehead atoms. The quantitative estimate of drug-likeness (QED) is 0.556. The van der Waals surface area contributed by atoms with Crippen molar-refractivity contribution in [3.63, 3.8) is 0 Å². The van der Waals surface area contributed by atoms with Crippen LogP contribution in [0.15, 0.2) is 12.3 Å². The summed E-state index contributed by atoms with van der Waals surface area (Å²) in [4.78, 5) is 11.5. The maximum absolute atomic E-state index is 11.5. The topological polar surface area (TPSA) is 35.5 Å². The highest BCUT2D eigenvalue weighted by Crippen LogP contribution is 2.56. The molecule has 1 saturated carbocycles. The van der Waals surface area contributed by atoms with Gasteiger partial charge in [-0.15, -0.1) is 10.3 Å². The van der Waals surface area contributed by atoms with Gasteiger partial charge >= 0.3 is 0 Å². The van der Waals surface area contributed by atoms with Crippen molar-refractivity contribution >= 4 is 16.1 Å². The van der Waals surface area contributed by atoms with Gasteiger partial charge in [-0.1, -0.05) is 34.3 Å². The average molecular weight is 375 g/mol. The van der Waals surface area contributed by atoms with E-state index in [0.717, 1.165) is 18.6 Å². The van der Waals surface area contributed by atoms with Gasteiger partial charge in [0.15, 0.2) is 0 Å². The minimum atomic E-state index is -1.07. The van der Waals surface area contributed by atoms with E-state index >= 15 is 0 Å². The van der Waals surface area contributed by atoms with Gasteiger partial charge in [-0.25, -0.2) is 0 Å². The monoisotopic (exact) mass is 374 g/mol. The first-order chi connectivity index (χ1) is 11.0. The van der Waals surface area contributed by atoms with Crippen molar-refractivity contribution in [1.29, 1.82) is 0 Å². The van der Waals surface area contributed by atoms with Crippen LogP contribution < -0.4 is 0 Å². The van der Waals surface area contributed by atoms with E-state index in [2.05, 4.69) is 46.8 Å². The first-order valence-corrected chi connectivity index (χ1v) is 11.6. The lowest BCUT2D eigenvalue weighted by atomic mass is 10.0. The molecule has 150 valence electrons. The zero-order valence-corrected chi connectivity index (χ0v) is 19.3. The van der Waals surface area contributed by atoms with E-state index in [-0.39, 0.29) is 22.4 Å². The number of hydrogen-bond donors (Lipinski definition) is 0. The summed E-state index contributed by atoms with van der Waals surface area (Å²) in [6.45, 7) is 22.1. The third-order valence-electron chi connectivity index (χ3n) is 4.70. The molecule has 1 rings (SSSR count). The van der Waals surface area contributed by atoms with Crippen LogP contribution >= 0.6 is 10.3 Å². The SMILES string of the molecule is C=C(C)OC(C)(C)C.CC(=O)[C@H]1C[C@@H](C)[C@@H](OS(C)(C)C(C)(C)C)C1. The van der Waals surface area contributed by atoms with E-state index in [9.17, 15) is 4.79 Å². The Morgan fingerprint density at radius 1 is 1.04 bits per heavy atom. The Morgan fingerprint density at radius 3 is 1.76 bits per heavy atom. The maximum atomic E-state index is 11.5. The summed E-state index contributed by atoms with van der Waals surface area (Å²) in [5.41, 5.74) is -0.0775. The minimum Gasteiger partial charge on any atom is -0.493 e. The second-order valence-corrected chi connectivity index (χ2v) is 13.5. The molecule has 3 nitrogen and oxygen atoms in total. The first-order valence-electron chi connectivity index (χ1n) is 9.22. The molecule has 0 aromatic carbocycles. The Kier molecular flexibility index (Phi) is 8.77. The summed E-state index contributed by atoms with van der Waals surface area (Å²) in [7, 11) is -1.07. The number of Topliss-reactive ketones (excluding diaryl/α,β-unsaturated/α-hetero) is 1. The zero-order chi connectivity index (χ0) is 20.2. The molecule has 1 aliphatic carbocycles. The molecular formula is C21H42O3S. The van der Waals surface area contributed by atoms with Crippen LogP contribution in [-0.4, -0.2) is 34.7 Å². The molecule has 0 spiro atoms. The van der Waals surface area contributed by atoms with Crippen LogP contribution in [0, 0.1) is 11.8 Å². The van der Waals surface area contributed by atoms with Crippen LogP contribution in [0.2, 0.25) is 0 Å². The van der Waals surface area contributed by atoms with Crippen LogP contribution in [-0.2, 0) is 13.7 Å². The van der Waals surface area contributed by atoms with E-state index in [1.54, 1.807) is 6.92 Å². The first kappa shape index (κ1) is 24.5. The number of carbonyl (C=O) groups is 1. The zero-order valence-electron chi connectivity index (χ0n) is 18.5. The van der Waals surface area contributed by atoms with Gasteiger partial charge in [0.25, 0.3) is 0 Å². The molecule has 0 N–H and O–H groups in total. The fraction of sp³-hybridized carbons (Fsp3) is 0.857. The molecule has 0 saturated heterocycles. The van der Waals surface area contributed by atoms with E-state index in [4.69, 9.17) is 8.92 Å². The van der Waals surface area contributed by atoms with Gasteiger partial charge in [-0.05, 0) is 65.9 Å². The van der Waals surface area contributed by atoms with E-state index in [1.165, 1.54) is 0 Å². The fourth-order valence-electron chi connectivity index (χ4n) is 2.65. The lowest BCUT2D eigenvalue weighted by Crippen LogP contribution is -2.30. The summed E-state index contributed by atoms with van der Waals surface area (Å²) in [6.07, 6.45) is 6.66. The van der Waals surface area contributed by atoms with Gasteiger partial charge in [0.1, 0.15) is 11.4 Å². The number of rotatable bonds is 4. The molecule has 0 unspecified atom stereocenters. The highest BCUT2D eigenvalue weighted by molar-refractivity contribution is 8.29. The molecule has 1 fully saturated rings. The highest BCUT2D eigenvalue weighted by atomic mass is 32.3. The standard InChI is InChI=1S/C14H28O2S.C7H14O/c1-10-8-12(11(2)15)9-13(10)16-17(6,7)14(3,4)5;1-6(2)8-7(3,4)5/h10,12-13H,8-9H2,1-7H3;1H2,2-5H3/t10-,12+,13+;/m1./s1. The van der Waals surface area contributed by atoms with Crippen LogP contribution in [0.4, 0.5) is 0 Å². The molecule has 0 amide bonds. The lowest BCUT2D eigenvalue weighted by molar-refractivity contribution is -0.120. The maximum Gasteiger partial charge on any atom is 0.133 e. The van der Waals surface area contributed by atoms with Crippen molar-refractivity contribution in [2.45, 2.75) is 91.6 Å². The Labute approximate surface area is 158 Å². The summed E-state index contributed by atoms with van der Waals surface area (Å²) in [5, 5.41) is 0. The van der Waals surface area contributed by atoms with Crippen LogP contribution in [0.3, 0.4) is 0 Å². The smallest absolute Gasteiger partial charge is 0.133 e. The number of carbonyl (C=O) groups excluding carboxylic acids is 1. The van der Waals surface area contributed by atoms with Gasteiger partial charge in [0.05, 0.1) is 11.9 Å². The van der Waals surface area contributed by atoms with Crippen molar-refractivity contribution in [3.8, 4) is 0 Å². The number of ether oxygens (including phenoxy) is 1. The lowest BCUT2D eigenvalue weighted by Gasteiger charge is -2.46. The van der Waals surface area contributed by atoms with Gasteiger partial charge in [-0.2, -0.15) is 0 Å². The Balaban J connectivity index is 0.000000609. The molecule has 0 aromatic rings. The van der Waals surface area contributed by atoms with E-state index in [0.29, 0.717) is 11.7 Å². The van der Waals surface area contributed by atoms with Crippen molar-refractivity contribution in [2.75, 3.05) is 12.5 Å². The average Bonchev–Trinajstić information content (AvgIpc) is 2.66. The molecule has 25 heavy (non-hydrogen) atoms. The largest absolute Gasteiger partial charge is 0.493 e. The van der Waals surface area contributed by atoms with Crippen molar-refractivity contribution in [3.05, 3.63) is 12.3 Å². The van der Waals surface area contributed by atoms with Crippen LogP contribution in [0.25, 0.3) is 0 Å². The molecule has 0 radical (unpaired) electrons. The van der Waals surface area contributed by atoms with Crippen molar-refractivity contribution < 1.29 is 13.7 Å².